The number of phenols is 1. The number of nitrogens with zero attached hydrogens (tertiary/aromatic N) is 1. The molecule has 1 saturated heterocycles. The minimum atomic E-state index is 0. The molecule has 3 N–H and O–H groups in total. The number of aliphatic hydroxyl groups excluding tert-OH is 1. The smallest absolute Gasteiger partial charge is 0.120 e. The molecule has 4 nitrogen and oxygen atoms in total. The standard InChI is InChI=1S/C13H20N2O2.ClH/c16-10-5-12(15-8-6-14-7-9-15)11-3-1-2-4-13(11)17;/h1-4,12,14,16-17H,5-10H2;1H/t12-;/m1./s1. The van der Waals surface area contributed by atoms with Gasteiger partial charge in [0, 0.05) is 44.4 Å². The summed E-state index contributed by atoms with van der Waals surface area (Å²) in [6.07, 6.45) is 0.664. The summed E-state index contributed by atoms with van der Waals surface area (Å²) in [5, 5.41) is 22.4. The molecule has 5 heteroatoms. The van der Waals surface area contributed by atoms with Crippen LogP contribution in [0.25, 0.3) is 0 Å². The fourth-order valence-electron chi connectivity index (χ4n) is 2.42. The maximum absolute atomic E-state index is 9.91. The number of hydrogen-bond donors (Lipinski definition) is 3. The van der Waals surface area contributed by atoms with Crippen LogP contribution >= 0.6 is 12.4 Å². The summed E-state index contributed by atoms with van der Waals surface area (Å²) in [4.78, 5) is 2.32. The lowest BCUT2D eigenvalue weighted by Crippen LogP contribution is -2.45. The summed E-state index contributed by atoms with van der Waals surface area (Å²) in [6, 6.07) is 7.52. The number of piperazine rings is 1. The molecule has 0 amide bonds. The third-order valence-electron chi connectivity index (χ3n) is 3.29. The molecule has 0 unspecified atom stereocenters. The quantitative estimate of drug-likeness (QED) is 0.770. The molecular formula is C13H21ClN2O2. The molecule has 0 aliphatic carbocycles. The Morgan fingerprint density at radius 3 is 2.50 bits per heavy atom. The van der Waals surface area contributed by atoms with Crippen LogP contribution in [0.15, 0.2) is 24.3 Å². The van der Waals surface area contributed by atoms with Crippen LogP contribution in [0.4, 0.5) is 0 Å². The van der Waals surface area contributed by atoms with Crippen molar-refractivity contribution in [3.8, 4) is 5.75 Å². The number of benzene rings is 1. The zero-order valence-corrected chi connectivity index (χ0v) is 11.2. The van der Waals surface area contributed by atoms with Crippen molar-refractivity contribution in [2.45, 2.75) is 12.5 Å². The first-order valence-electron chi connectivity index (χ1n) is 6.16. The summed E-state index contributed by atoms with van der Waals surface area (Å²) >= 11 is 0. The van der Waals surface area contributed by atoms with Crippen molar-refractivity contribution < 1.29 is 10.2 Å². The van der Waals surface area contributed by atoms with E-state index in [9.17, 15) is 10.2 Å². The van der Waals surface area contributed by atoms with E-state index in [0.717, 1.165) is 31.7 Å². The van der Waals surface area contributed by atoms with Crippen molar-refractivity contribution in [1.82, 2.24) is 10.2 Å². The molecule has 0 bridgehead atoms. The van der Waals surface area contributed by atoms with Crippen molar-refractivity contribution >= 4 is 12.4 Å². The van der Waals surface area contributed by atoms with Gasteiger partial charge in [-0.1, -0.05) is 18.2 Å². The van der Waals surface area contributed by atoms with Gasteiger partial charge in [-0.25, -0.2) is 0 Å². The second-order valence-electron chi connectivity index (χ2n) is 4.37. The second kappa shape index (κ2) is 7.59. The van der Waals surface area contributed by atoms with Gasteiger partial charge in [-0.3, -0.25) is 4.90 Å². The molecule has 102 valence electrons. The zero-order chi connectivity index (χ0) is 12.1. The van der Waals surface area contributed by atoms with Gasteiger partial charge in [-0.15, -0.1) is 12.4 Å². The number of aromatic hydroxyl groups is 1. The van der Waals surface area contributed by atoms with Gasteiger partial charge < -0.3 is 15.5 Å². The first-order valence-corrected chi connectivity index (χ1v) is 6.16. The number of rotatable bonds is 4. The Hall–Kier alpha value is -0.810. The lowest BCUT2D eigenvalue weighted by Gasteiger charge is -2.35. The number of aliphatic hydroxyl groups is 1. The van der Waals surface area contributed by atoms with Gasteiger partial charge in [0.25, 0.3) is 0 Å². The number of para-hydroxylation sites is 1. The Morgan fingerprint density at radius 2 is 1.89 bits per heavy atom. The minimum Gasteiger partial charge on any atom is -0.508 e. The first-order chi connectivity index (χ1) is 8.33. The second-order valence-corrected chi connectivity index (χ2v) is 4.37. The molecule has 2 rings (SSSR count). The molecule has 1 aromatic carbocycles. The number of hydrogen-bond acceptors (Lipinski definition) is 4. The highest BCUT2D eigenvalue weighted by molar-refractivity contribution is 5.85. The summed E-state index contributed by atoms with van der Waals surface area (Å²) in [5.74, 6) is 0.324. The first kappa shape index (κ1) is 15.2. The maximum Gasteiger partial charge on any atom is 0.120 e. The van der Waals surface area contributed by atoms with Crippen molar-refractivity contribution in [2.24, 2.45) is 0 Å². The van der Waals surface area contributed by atoms with E-state index in [0.29, 0.717) is 12.2 Å². The van der Waals surface area contributed by atoms with Gasteiger partial charge >= 0.3 is 0 Å². The SMILES string of the molecule is Cl.OCC[C@H](c1ccccc1O)N1CCNCC1. The van der Waals surface area contributed by atoms with Crippen LogP contribution in [-0.4, -0.2) is 47.9 Å². The van der Waals surface area contributed by atoms with Gasteiger partial charge in [-0.05, 0) is 12.5 Å². The lowest BCUT2D eigenvalue weighted by atomic mass is 10.0. The Kier molecular flexibility index (Phi) is 6.43. The molecule has 1 aromatic rings. The molecular weight excluding hydrogens is 252 g/mol. The van der Waals surface area contributed by atoms with E-state index in [4.69, 9.17) is 0 Å². The monoisotopic (exact) mass is 272 g/mol. The number of halogens is 1. The average molecular weight is 273 g/mol. The van der Waals surface area contributed by atoms with E-state index in [1.165, 1.54) is 0 Å². The third-order valence-corrected chi connectivity index (χ3v) is 3.29. The van der Waals surface area contributed by atoms with Crippen molar-refractivity contribution in [3.05, 3.63) is 29.8 Å². The van der Waals surface area contributed by atoms with Crippen LogP contribution in [0, 0.1) is 0 Å². The fraction of sp³-hybridized carbons (Fsp3) is 0.538. The van der Waals surface area contributed by atoms with Crippen molar-refractivity contribution in [2.75, 3.05) is 32.8 Å². The predicted molar refractivity (Wildman–Crippen MR) is 74.2 cm³/mol. The van der Waals surface area contributed by atoms with Crippen molar-refractivity contribution in [1.29, 1.82) is 0 Å². The van der Waals surface area contributed by atoms with E-state index < -0.39 is 0 Å². The van der Waals surface area contributed by atoms with E-state index in [1.807, 2.05) is 18.2 Å². The van der Waals surface area contributed by atoms with Crippen LogP contribution in [0.3, 0.4) is 0 Å². The molecule has 0 aromatic heterocycles. The molecule has 0 saturated carbocycles. The topological polar surface area (TPSA) is 55.7 Å². The Labute approximate surface area is 114 Å². The van der Waals surface area contributed by atoms with Crippen LogP contribution in [0.5, 0.6) is 5.75 Å². The summed E-state index contributed by atoms with van der Waals surface area (Å²) in [5.41, 5.74) is 0.920. The highest BCUT2D eigenvalue weighted by Gasteiger charge is 2.23. The van der Waals surface area contributed by atoms with Gasteiger partial charge in [0.15, 0.2) is 0 Å². The van der Waals surface area contributed by atoms with Gasteiger partial charge in [-0.2, -0.15) is 0 Å². The van der Waals surface area contributed by atoms with Crippen LogP contribution < -0.4 is 5.32 Å². The number of nitrogens with one attached hydrogen (secondary N) is 1. The van der Waals surface area contributed by atoms with E-state index >= 15 is 0 Å². The number of phenolic OH excluding ortho intramolecular Hbond substituents is 1. The molecule has 1 heterocycles. The van der Waals surface area contributed by atoms with E-state index in [2.05, 4.69) is 10.2 Å². The molecule has 0 radical (unpaired) electrons. The summed E-state index contributed by atoms with van der Waals surface area (Å²) in [7, 11) is 0. The van der Waals surface area contributed by atoms with Gasteiger partial charge in [0.1, 0.15) is 5.75 Å². The Balaban J connectivity index is 0.00000162. The zero-order valence-electron chi connectivity index (χ0n) is 10.4. The highest BCUT2D eigenvalue weighted by Crippen LogP contribution is 2.30. The van der Waals surface area contributed by atoms with Crippen LogP contribution in [-0.2, 0) is 0 Å². The maximum atomic E-state index is 9.91. The van der Waals surface area contributed by atoms with Crippen LogP contribution in [0.1, 0.15) is 18.0 Å². The third kappa shape index (κ3) is 3.59. The molecule has 1 atom stereocenters. The molecule has 0 spiro atoms. The van der Waals surface area contributed by atoms with Gasteiger partial charge in [0.05, 0.1) is 0 Å². The van der Waals surface area contributed by atoms with E-state index in [-0.39, 0.29) is 25.1 Å². The minimum absolute atomic E-state index is 0. The lowest BCUT2D eigenvalue weighted by molar-refractivity contribution is 0.139. The highest BCUT2D eigenvalue weighted by atomic mass is 35.5. The fourth-order valence-corrected chi connectivity index (χ4v) is 2.42. The molecule has 1 fully saturated rings. The molecule has 1 aliphatic heterocycles. The molecule has 18 heavy (non-hydrogen) atoms. The average Bonchev–Trinajstić information content (AvgIpc) is 2.38. The largest absolute Gasteiger partial charge is 0.508 e. The predicted octanol–water partition coefficient (Wildman–Crippen LogP) is 1.14. The van der Waals surface area contributed by atoms with E-state index in [1.54, 1.807) is 6.07 Å². The van der Waals surface area contributed by atoms with Crippen molar-refractivity contribution in [3.63, 3.8) is 0 Å². The summed E-state index contributed by atoms with van der Waals surface area (Å²) < 4.78 is 0. The normalized spacial score (nSPS) is 18.1. The van der Waals surface area contributed by atoms with Crippen LogP contribution in [0.2, 0.25) is 0 Å². The molecule has 1 aliphatic rings. The van der Waals surface area contributed by atoms with Gasteiger partial charge in [0.2, 0.25) is 0 Å². The Bertz CT molecular complexity index is 357. The Morgan fingerprint density at radius 1 is 1.22 bits per heavy atom. The summed E-state index contributed by atoms with van der Waals surface area (Å²) in [6.45, 7) is 3.99.